The summed E-state index contributed by atoms with van der Waals surface area (Å²) in [6.45, 7) is 3.60. The molecule has 2 aliphatic rings. The summed E-state index contributed by atoms with van der Waals surface area (Å²) in [6.07, 6.45) is 0.507. The number of nitrogens with two attached hydrogens (primary N) is 1. The van der Waals surface area contributed by atoms with Gasteiger partial charge in [0.2, 0.25) is 5.91 Å². The van der Waals surface area contributed by atoms with Gasteiger partial charge >= 0.3 is 6.18 Å². The van der Waals surface area contributed by atoms with Gasteiger partial charge < -0.3 is 15.8 Å². The second-order valence-electron chi connectivity index (χ2n) is 9.31. The zero-order valence-corrected chi connectivity index (χ0v) is 20.5. The number of carbonyl (C=O) groups excluding carboxylic acids is 2. The highest BCUT2D eigenvalue weighted by atomic mass is 35.5. The van der Waals surface area contributed by atoms with Gasteiger partial charge in [-0.25, -0.2) is 0 Å². The molecule has 4 rings (SSSR count). The van der Waals surface area contributed by atoms with E-state index in [-0.39, 0.29) is 29.0 Å². The Balaban J connectivity index is 0.000000223. The van der Waals surface area contributed by atoms with E-state index in [1.165, 1.54) is 12.1 Å². The van der Waals surface area contributed by atoms with E-state index >= 15 is 0 Å². The van der Waals surface area contributed by atoms with Crippen LogP contribution in [0.3, 0.4) is 0 Å². The molecular formula is C26H30ClF3N2O3. The predicted octanol–water partition coefficient (Wildman–Crippen LogP) is 5.78. The molecular weight excluding hydrogens is 481 g/mol. The van der Waals surface area contributed by atoms with Crippen LogP contribution in [0.5, 0.6) is 5.75 Å². The van der Waals surface area contributed by atoms with Crippen LogP contribution in [-0.2, 0) is 21.2 Å². The van der Waals surface area contributed by atoms with Crippen molar-refractivity contribution >= 4 is 23.4 Å². The maximum absolute atomic E-state index is 12.6. The largest absolute Gasteiger partial charge is 0.478 e. The number of halogens is 4. The van der Waals surface area contributed by atoms with Crippen LogP contribution in [0.2, 0.25) is 5.02 Å². The Morgan fingerprint density at radius 1 is 1.09 bits per heavy atom. The maximum atomic E-state index is 12.6. The van der Waals surface area contributed by atoms with Crippen LogP contribution >= 0.6 is 11.6 Å². The van der Waals surface area contributed by atoms with E-state index in [0.29, 0.717) is 11.4 Å². The minimum atomic E-state index is -4.38. The number of ether oxygens (including phenoxy) is 1. The molecule has 0 spiro atoms. The topological polar surface area (TPSA) is 81.4 Å². The number of primary amides is 1. The van der Waals surface area contributed by atoms with Crippen molar-refractivity contribution in [1.29, 1.82) is 0 Å². The molecule has 0 radical (unpaired) electrons. The van der Waals surface area contributed by atoms with Gasteiger partial charge in [0.05, 0.1) is 11.0 Å². The second kappa shape index (κ2) is 10.5. The van der Waals surface area contributed by atoms with Crippen molar-refractivity contribution in [3.8, 4) is 5.75 Å². The smallest absolute Gasteiger partial charge is 0.416 e. The van der Waals surface area contributed by atoms with Crippen molar-refractivity contribution in [2.75, 3.05) is 0 Å². The molecule has 3 N–H and O–H groups in total. The molecule has 0 heterocycles. The Bertz CT molecular complexity index is 1030. The van der Waals surface area contributed by atoms with Gasteiger partial charge in [0.25, 0.3) is 5.91 Å². The first-order valence-electron chi connectivity index (χ1n) is 11.6. The van der Waals surface area contributed by atoms with E-state index in [1.54, 1.807) is 19.1 Å². The normalized spacial score (nSPS) is 17.9. The standard InChI is InChI=1S/C16H20F3NO2.C10H10ClNO/c1-3-10-15(2,14(21)20-12-6-7-12)22-13-8-4-11(5-9-13)16(17,18)19;11-8-3-1-7(2-4-8)10(5-6-10)9(12)13/h4-5,8-9,12H,3,6-7,10H2,1-2H3,(H,20,21);1-4H,5-6H2,(H2,12,13). The third-order valence-electron chi connectivity index (χ3n) is 6.26. The number of carbonyl (C=O) groups is 2. The quantitative estimate of drug-likeness (QED) is 0.472. The van der Waals surface area contributed by atoms with Gasteiger partial charge in [-0.15, -0.1) is 0 Å². The Kier molecular flexibility index (Phi) is 8.04. The Morgan fingerprint density at radius 3 is 2.09 bits per heavy atom. The number of hydrogen-bond acceptors (Lipinski definition) is 3. The van der Waals surface area contributed by atoms with Gasteiger partial charge in [0, 0.05) is 11.1 Å². The summed E-state index contributed by atoms with van der Waals surface area (Å²) in [5.74, 6) is -0.179. The van der Waals surface area contributed by atoms with Gasteiger partial charge in [-0.3, -0.25) is 9.59 Å². The van der Waals surface area contributed by atoms with Crippen molar-refractivity contribution in [3.05, 3.63) is 64.7 Å². The molecule has 5 nitrogen and oxygen atoms in total. The average Bonchev–Trinajstić information content (AvgIpc) is 3.70. The van der Waals surface area contributed by atoms with Gasteiger partial charge in [0.1, 0.15) is 5.75 Å². The van der Waals surface area contributed by atoms with Crippen LogP contribution in [0.15, 0.2) is 48.5 Å². The van der Waals surface area contributed by atoms with Crippen LogP contribution < -0.4 is 15.8 Å². The summed E-state index contributed by atoms with van der Waals surface area (Å²) in [7, 11) is 0. The summed E-state index contributed by atoms with van der Waals surface area (Å²) in [4.78, 5) is 23.5. The van der Waals surface area contributed by atoms with Crippen LogP contribution in [0.4, 0.5) is 13.2 Å². The summed E-state index contributed by atoms with van der Waals surface area (Å²) < 4.78 is 43.4. The lowest BCUT2D eigenvalue weighted by Gasteiger charge is -2.29. The number of amides is 2. The predicted molar refractivity (Wildman–Crippen MR) is 128 cm³/mol. The molecule has 2 aromatic rings. The number of benzene rings is 2. The van der Waals surface area contributed by atoms with Crippen LogP contribution in [0.25, 0.3) is 0 Å². The average molecular weight is 511 g/mol. The monoisotopic (exact) mass is 510 g/mol. The van der Waals surface area contributed by atoms with Crippen molar-refractivity contribution in [2.45, 2.75) is 75.6 Å². The molecule has 0 aromatic heterocycles. The zero-order valence-electron chi connectivity index (χ0n) is 19.8. The zero-order chi connectivity index (χ0) is 25.9. The lowest BCUT2D eigenvalue weighted by atomic mass is 9.96. The lowest BCUT2D eigenvalue weighted by molar-refractivity contribution is -0.138. The lowest BCUT2D eigenvalue weighted by Crippen LogP contribution is -2.49. The molecule has 0 saturated heterocycles. The molecule has 2 saturated carbocycles. The van der Waals surface area contributed by atoms with Gasteiger partial charge in [-0.1, -0.05) is 37.1 Å². The molecule has 2 amide bonds. The van der Waals surface area contributed by atoms with E-state index in [0.717, 1.165) is 49.8 Å². The molecule has 2 aromatic carbocycles. The fourth-order valence-electron chi connectivity index (χ4n) is 3.80. The van der Waals surface area contributed by atoms with Gasteiger partial charge in [0.15, 0.2) is 5.60 Å². The molecule has 190 valence electrons. The first-order chi connectivity index (χ1) is 16.4. The summed E-state index contributed by atoms with van der Waals surface area (Å²) in [5.41, 5.74) is 4.13. The van der Waals surface area contributed by atoms with Gasteiger partial charge in [-0.2, -0.15) is 13.2 Å². The van der Waals surface area contributed by atoms with E-state index in [9.17, 15) is 22.8 Å². The van der Waals surface area contributed by atoms with E-state index in [2.05, 4.69) is 5.32 Å². The van der Waals surface area contributed by atoms with Crippen molar-refractivity contribution in [1.82, 2.24) is 5.32 Å². The highest BCUT2D eigenvalue weighted by molar-refractivity contribution is 6.30. The van der Waals surface area contributed by atoms with Gasteiger partial charge in [-0.05, 0) is 81.0 Å². The maximum Gasteiger partial charge on any atom is 0.416 e. The first kappa shape index (κ1) is 26.9. The fourth-order valence-corrected chi connectivity index (χ4v) is 3.92. The van der Waals surface area contributed by atoms with Crippen LogP contribution in [-0.4, -0.2) is 23.5 Å². The highest BCUT2D eigenvalue weighted by Crippen LogP contribution is 2.48. The number of hydrogen-bond donors (Lipinski definition) is 2. The van der Waals surface area contributed by atoms with E-state index in [4.69, 9.17) is 22.1 Å². The molecule has 1 unspecified atom stereocenters. The van der Waals surface area contributed by atoms with Crippen molar-refractivity contribution in [3.63, 3.8) is 0 Å². The van der Waals surface area contributed by atoms with Crippen LogP contribution in [0.1, 0.15) is 63.5 Å². The van der Waals surface area contributed by atoms with Crippen molar-refractivity contribution in [2.24, 2.45) is 5.73 Å². The Morgan fingerprint density at radius 2 is 1.66 bits per heavy atom. The third-order valence-corrected chi connectivity index (χ3v) is 6.52. The summed E-state index contributed by atoms with van der Waals surface area (Å²) in [5, 5.41) is 3.58. The fraction of sp³-hybridized carbons (Fsp3) is 0.462. The minimum absolute atomic E-state index is 0.208. The first-order valence-corrected chi connectivity index (χ1v) is 12.0. The number of nitrogens with one attached hydrogen (secondary N) is 1. The van der Waals surface area contributed by atoms with Crippen LogP contribution in [0, 0.1) is 0 Å². The SMILES string of the molecule is CCCC(C)(Oc1ccc(C(F)(F)F)cc1)C(=O)NC1CC1.NC(=O)C1(c2ccc(Cl)cc2)CC1. The minimum Gasteiger partial charge on any atom is -0.478 e. The molecule has 0 aliphatic heterocycles. The number of rotatable bonds is 8. The molecule has 0 bridgehead atoms. The second-order valence-corrected chi connectivity index (χ2v) is 9.74. The molecule has 2 aliphatic carbocycles. The number of alkyl halides is 3. The highest BCUT2D eigenvalue weighted by Gasteiger charge is 2.49. The van der Waals surface area contributed by atoms with E-state index < -0.39 is 17.3 Å². The summed E-state index contributed by atoms with van der Waals surface area (Å²) in [6, 6.07) is 12.0. The molecule has 1 atom stereocenters. The molecule has 35 heavy (non-hydrogen) atoms. The summed E-state index contributed by atoms with van der Waals surface area (Å²) >= 11 is 5.75. The Hall–Kier alpha value is -2.74. The van der Waals surface area contributed by atoms with E-state index in [1.807, 2.05) is 19.1 Å². The molecule has 9 heteroatoms. The third kappa shape index (κ3) is 6.90. The Labute approximate surface area is 208 Å². The molecule has 2 fully saturated rings. The van der Waals surface area contributed by atoms with Crippen molar-refractivity contribution < 1.29 is 27.5 Å².